The average molecular weight is 290 g/mol. The number of benzene rings is 2. The summed E-state index contributed by atoms with van der Waals surface area (Å²) in [7, 11) is 2.06. The fraction of sp³-hybridized carbons (Fsp3) is 0.294. The molecule has 0 aliphatic rings. The molecule has 0 aliphatic heterocycles. The molecule has 0 saturated carbocycles. The van der Waals surface area contributed by atoms with Gasteiger partial charge >= 0.3 is 0 Å². The summed E-state index contributed by atoms with van der Waals surface area (Å²) in [4.78, 5) is 2.19. The number of hydrogen-bond acceptors (Lipinski definition) is 2. The number of rotatable bonds is 4. The summed E-state index contributed by atoms with van der Waals surface area (Å²) >= 11 is 6.27. The largest absolute Gasteiger partial charge is 0.392 e. The van der Waals surface area contributed by atoms with Gasteiger partial charge in [0.2, 0.25) is 0 Å². The van der Waals surface area contributed by atoms with Gasteiger partial charge < -0.3 is 10.0 Å². The van der Waals surface area contributed by atoms with Crippen molar-refractivity contribution in [3.63, 3.8) is 0 Å². The van der Waals surface area contributed by atoms with E-state index < -0.39 is 0 Å². The highest BCUT2D eigenvalue weighted by Crippen LogP contribution is 2.30. The number of hydrogen-bond donors (Lipinski definition) is 1. The zero-order valence-electron chi connectivity index (χ0n) is 12.1. The maximum absolute atomic E-state index is 9.24. The zero-order chi connectivity index (χ0) is 14.7. The third-order valence-corrected chi connectivity index (χ3v) is 4.18. The molecule has 0 heterocycles. The molecule has 0 saturated heterocycles. The first kappa shape index (κ1) is 14.9. The number of aliphatic hydroxyl groups is 1. The smallest absolute Gasteiger partial charge is 0.0684 e. The molecular formula is C17H20ClNO. The summed E-state index contributed by atoms with van der Waals surface area (Å²) in [6.45, 7) is 4.23. The second-order valence-corrected chi connectivity index (χ2v) is 5.48. The van der Waals surface area contributed by atoms with E-state index in [-0.39, 0.29) is 12.6 Å². The maximum Gasteiger partial charge on any atom is 0.0684 e. The minimum absolute atomic E-state index is 0.0793. The molecule has 2 aromatic rings. The Morgan fingerprint density at radius 2 is 1.90 bits per heavy atom. The highest BCUT2D eigenvalue weighted by Gasteiger charge is 2.15. The second-order valence-electron chi connectivity index (χ2n) is 5.08. The minimum Gasteiger partial charge on any atom is -0.392 e. The number of nitrogens with zero attached hydrogens (tertiary/aromatic N) is 1. The van der Waals surface area contributed by atoms with E-state index >= 15 is 0 Å². The van der Waals surface area contributed by atoms with E-state index in [1.807, 2.05) is 37.3 Å². The van der Waals surface area contributed by atoms with Crippen LogP contribution in [0.5, 0.6) is 0 Å². The average Bonchev–Trinajstić information content (AvgIpc) is 2.46. The SMILES string of the molecule is Cc1cc(N(C)C(C)c2ccccc2Cl)ccc1CO. The summed E-state index contributed by atoms with van der Waals surface area (Å²) in [6, 6.07) is 14.2. The van der Waals surface area contributed by atoms with Gasteiger partial charge in [0.15, 0.2) is 0 Å². The molecule has 1 atom stereocenters. The van der Waals surface area contributed by atoms with Crippen LogP contribution in [-0.4, -0.2) is 12.2 Å². The normalized spacial score (nSPS) is 12.2. The molecule has 0 aliphatic carbocycles. The van der Waals surface area contributed by atoms with E-state index in [2.05, 4.69) is 31.0 Å². The number of aliphatic hydroxyl groups excluding tert-OH is 1. The van der Waals surface area contributed by atoms with Crippen molar-refractivity contribution in [3.8, 4) is 0 Å². The van der Waals surface area contributed by atoms with E-state index in [9.17, 15) is 5.11 Å². The summed E-state index contributed by atoms with van der Waals surface area (Å²) in [6.07, 6.45) is 0. The van der Waals surface area contributed by atoms with Gasteiger partial charge in [0.1, 0.15) is 0 Å². The van der Waals surface area contributed by atoms with Crippen molar-refractivity contribution >= 4 is 17.3 Å². The monoisotopic (exact) mass is 289 g/mol. The van der Waals surface area contributed by atoms with Gasteiger partial charge in [0, 0.05) is 17.8 Å². The van der Waals surface area contributed by atoms with Crippen molar-refractivity contribution in [3.05, 3.63) is 64.2 Å². The topological polar surface area (TPSA) is 23.5 Å². The van der Waals surface area contributed by atoms with Crippen LogP contribution in [0.25, 0.3) is 0 Å². The van der Waals surface area contributed by atoms with Gasteiger partial charge in [-0.3, -0.25) is 0 Å². The molecule has 1 N–H and O–H groups in total. The molecular weight excluding hydrogens is 270 g/mol. The van der Waals surface area contributed by atoms with Crippen LogP contribution in [0.1, 0.15) is 29.7 Å². The fourth-order valence-corrected chi connectivity index (χ4v) is 2.62. The summed E-state index contributed by atoms with van der Waals surface area (Å²) in [5, 5.41) is 10.0. The Morgan fingerprint density at radius 1 is 1.20 bits per heavy atom. The molecule has 2 nitrogen and oxygen atoms in total. The summed E-state index contributed by atoms with van der Waals surface area (Å²) < 4.78 is 0. The zero-order valence-corrected chi connectivity index (χ0v) is 12.9. The van der Waals surface area contributed by atoms with Gasteiger partial charge in [-0.1, -0.05) is 35.9 Å². The molecule has 2 rings (SSSR count). The molecule has 0 amide bonds. The summed E-state index contributed by atoms with van der Waals surface area (Å²) in [5.41, 5.74) is 4.29. The molecule has 2 aromatic carbocycles. The molecule has 0 bridgehead atoms. The molecule has 0 radical (unpaired) electrons. The lowest BCUT2D eigenvalue weighted by molar-refractivity contribution is 0.281. The van der Waals surface area contributed by atoms with Gasteiger partial charge in [-0.25, -0.2) is 0 Å². The van der Waals surface area contributed by atoms with E-state index in [4.69, 9.17) is 11.6 Å². The van der Waals surface area contributed by atoms with Crippen molar-refractivity contribution in [2.45, 2.75) is 26.5 Å². The predicted octanol–water partition coefficient (Wildman–Crippen LogP) is 4.34. The lowest BCUT2D eigenvalue weighted by Crippen LogP contribution is -2.22. The van der Waals surface area contributed by atoms with Gasteiger partial charge in [-0.2, -0.15) is 0 Å². The Hall–Kier alpha value is -1.51. The van der Waals surface area contributed by atoms with Crippen molar-refractivity contribution in [2.75, 3.05) is 11.9 Å². The Labute approximate surface area is 125 Å². The van der Waals surface area contributed by atoms with Gasteiger partial charge in [-0.15, -0.1) is 0 Å². The van der Waals surface area contributed by atoms with Crippen LogP contribution in [0.15, 0.2) is 42.5 Å². The molecule has 3 heteroatoms. The maximum atomic E-state index is 9.24. The van der Waals surface area contributed by atoms with E-state index in [0.717, 1.165) is 27.4 Å². The first-order valence-corrected chi connectivity index (χ1v) is 7.10. The Morgan fingerprint density at radius 3 is 2.50 bits per heavy atom. The van der Waals surface area contributed by atoms with Crippen LogP contribution in [0, 0.1) is 6.92 Å². The summed E-state index contributed by atoms with van der Waals surface area (Å²) in [5.74, 6) is 0. The molecule has 0 fully saturated rings. The first-order chi connectivity index (χ1) is 9.54. The Balaban J connectivity index is 2.29. The quantitative estimate of drug-likeness (QED) is 0.905. The van der Waals surface area contributed by atoms with Crippen LogP contribution in [-0.2, 0) is 6.61 Å². The van der Waals surface area contributed by atoms with Crippen LogP contribution >= 0.6 is 11.6 Å². The van der Waals surface area contributed by atoms with Crippen molar-refractivity contribution in [1.82, 2.24) is 0 Å². The van der Waals surface area contributed by atoms with Gasteiger partial charge in [0.05, 0.1) is 12.6 Å². The molecule has 0 spiro atoms. The van der Waals surface area contributed by atoms with Crippen LogP contribution in [0.3, 0.4) is 0 Å². The third-order valence-electron chi connectivity index (χ3n) is 3.84. The Bertz CT molecular complexity index is 597. The highest BCUT2D eigenvalue weighted by atomic mass is 35.5. The second kappa shape index (κ2) is 6.29. The van der Waals surface area contributed by atoms with Crippen molar-refractivity contribution in [2.24, 2.45) is 0 Å². The van der Waals surface area contributed by atoms with Crippen LogP contribution < -0.4 is 4.90 Å². The van der Waals surface area contributed by atoms with Gasteiger partial charge in [0.25, 0.3) is 0 Å². The lowest BCUT2D eigenvalue weighted by atomic mass is 10.0. The number of aryl methyl sites for hydroxylation is 1. The van der Waals surface area contributed by atoms with Crippen LogP contribution in [0.2, 0.25) is 5.02 Å². The lowest BCUT2D eigenvalue weighted by Gasteiger charge is -2.28. The van der Waals surface area contributed by atoms with Gasteiger partial charge in [-0.05, 0) is 48.7 Å². The molecule has 106 valence electrons. The fourth-order valence-electron chi connectivity index (χ4n) is 2.32. The van der Waals surface area contributed by atoms with Crippen molar-refractivity contribution in [1.29, 1.82) is 0 Å². The predicted molar refractivity (Wildman–Crippen MR) is 85.4 cm³/mol. The number of anilines is 1. The standard InChI is InChI=1S/C17H20ClNO/c1-12-10-15(9-8-14(12)11-20)19(3)13(2)16-6-4-5-7-17(16)18/h4-10,13,20H,11H2,1-3H3. The molecule has 20 heavy (non-hydrogen) atoms. The third kappa shape index (κ3) is 2.97. The minimum atomic E-state index is 0.0793. The first-order valence-electron chi connectivity index (χ1n) is 6.72. The van der Waals surface area contributed by atoms with E-state index in [0.29, 0.717) is 0 Å². The van der Waals surface area contributed by atoms with E-state index in [1.54, 1.807) is 0 Å². The highest BCUT2D eigenvalue weighted by molar-refractivity contribution is 6.31. The number of halogens is 1. The Kier molecular flexibility index (Phi) is 4.69. The molecule has 0 aromatic heterocycles. The van der Waals surface area contributed by atoms with Crippen molar-refractivity contribution < 1.29 is 5.11 Å². The van der Waals surface area contributed by atoms with Crippen LogP contribution in [0.4, 0.5) is 5.69 Å². The molecule has 1 unspecified atom stereocenters. The van der Waals surface area contributed by atoms with E-state index in [1.165, 1.54) is 0 Å².